The molecule has 0 spiro atoms. The van der Waals surface area contributed by atoms with Gasteiger partial charge < -0.3 is 0 Å². The molecule has 0 atom stereocenters. The molecule has 5 heteroatoms. The summed E-state index contributed by atoms with van der Waals surface area (Å²) in [5.41, 5.74) is 5.26. The highest BCUT2D eigenvalue weighted by molar-refractivity contribution is 9.10. The Kier molecular flexibility index (Phi) is 3.23. The van der Waals surface area contributed by atoms with Gasteiger partial charge in [-0.15, -0.1) is 0 Å². The van der Waals surface area contributed by atoms with Crippen LogP contribution in [0.3, 0.4) is 0 Å². The van der Waals surface area contributed by atoms with E-state index in [1.54, 1.807) is 4.52 Å². The Bertz CT molecular complexity index is 841. The van der Waals surface area contributed by atoms with Crippen molar-refractivity contribution in [3.63, 3.8) is 0 Å². The number of fused-ring (bicyclic) bond motifs is 2. The first kappa shape index (κ1) is 13.3. The van der Waals surface area contributed by atoms with Crippen LogP contribution in [0, 0.1) is 0 Å². The van der Waals surface area contributed by atoms with Crippen molar-refractivity contribution in [3.05, 3.63) is 51.3 Å². The maximum atomic E-state index is 6.54. The number of nitrogens with zero attached hydrogens (tertiary/aromatic N) is 3. The number of aryl methyl sites for hydroxylation is 1. The van der Waals surface area contributed by atoms with Crippen molar-refractivity contribution in [3.8, 4) is 11.1 Å². The molecule has 0 aliphatic heterocycles. The van der Waals surface area contributed by atoms with Crippen molar-refractivity contribution in [1.29, 1.82) is 0 Å². The molecule has 1 aliphatic carbocycles. The SMILES string of the molecule is Clc1c2c(nc3c(-c4cccc(Br)c4)cnn13)CCCC2. The molecule has 0 saturated heterocycles. The predicted molar refractivity (Wildman–Crippen MR) is 87.8 cm³/mol. The number of hydrogen-bond acceptors (Lipinski definition) is 2. The lowest BCUT2D eigenvalue weighted by molar-refractivity contribution is 0.660. The predicted octanol–water partition coefficient (Wildman–Crippen LogP) is 4.69. The van der Waals surface area contributed by atoms with Gasteiger partial charge in [0.2, 0.25) is 0 Å². The lowest BCUT2D eigenvalue weighted by Gasteiger charge is -2.16. The van der Waals surface area contributed by atoms with Crippen LogP contribution in [0.5, 0.6) is 0 Å². The van der Waals surface area contributed by atoms with Crippen LogP contribution in [0.15, 0.2) is 34.9 Å². The van der Waals surface area contributed by atoms with E-state index >= 15 is 0 Å². The van der Waals surface area contributed by atoms with Crippen LogP contribution in [-0.2, 0) is 12.8 Å². The quantitative estimate of drug-likeness (QED) is 0.588. The minimum atomic E-state index is 0.718. The van der Waals surface area contributed by atoms with Gasteiger partial charge in [0.05, 0.1) is 6.20 Å². The Balaban J connectivity index is 1.98. The van der Waals surface area contributed by atoms with E-state index in [1.165, 1.54) is 18.4 Å². The zero-order valence-corrected chi connectivity index (χ0v) is 13.7. The second kappa shape index (κ2) is 5.11. The van der Waals surface area contributed by atoms with Crippen molar-refractivity contribution >= 4 is 33.2 Å². The van der Waals surface area contributed by atoms with Gasteiger partial charge >= 0.3 is 0 Å². The van der Waals surface area contributed by atoms with Crippen LogP contribution >= 0.6 is 27.5 Å². The molecule has 0 saturated carbocycles. The number of hydrogen-bond donors (Lipinski definition) is 0. The van der Waals surface area contributed by atoms with Crippen LogP contribution in [0.1, 0.15) is 24.1 Å². The van der Waals surface area contributed by atoms with Crippen LogP contribution in [0.4, 0.5) is 0 Å². The van der Waals surface area contributed by atoms with Gasteiger partial charge in [-0.3, -0.25) is 0 Å². The Labute approximate surface area is 136 Å². The largest absolute Gasteiger partial charge is 0.233 e. The van der Waals surface area contributed by atoms with Gasteiger partial charge in [-0.05, 0) is 43.4 Å². The second-order valence-electron chi connectivity index (χ2n) is 5.34. The van der Waals surface area contributed by atoms with E-state index in [0.29, 0.717) is 0 Å². The average Bonchev–Trinajstić information content (AvgIpc) is 2.92. The van der Waals surface area contributed by atoms with Crippen LogP contribution < -0.4 is 0 Å². The average molecular weight is 363 g/mol. The summed E-state index contributed by atoms with van der Waals surface area (Å²) < 4.78 is 2.81. The summed E-state index contributed by atoms with van der Waals surface area (Å²) in [6.07, 6.45) is 6.23. The van der Waals surface area contributed by atoms with Gasteiger partial charge in [0.25, 0.3) is 0 Å². The normalized spacial score (nSPS) is 14.4. The molecule has 0 bridgehead atoms. The maximum Gasteiger partial charge on any atom is 0.164 e. The summed E-state index contributed by atoms with van der Waals surface area (Å²) in [6, 6.07) is 8.17. The minimum absolute atomic E-state index is 0.718. The molecule has 2 heterocycles. The van der Waals surface area contributed by atoms with E-state index in [9.17, 15) is 0 Å². The van der Waals surface area contributed by atoms with Gasteiger partial charge in [-0.1, -0.05) is 39.7 Å². The summed E-state index contributed by atoms with van der Waals surface area (Å²) in [6.45, 7) is 0. The molecule has 0 unspecified atom stereocenters. The third-order valence-corrected chi connectivity index (χ3v) is 4.88. The number of halogens is 2. The maximum absolute atomic E-state index is 6.54. The van der Waals surface area contributed by atoms with E-state index in [1.807, 2.05) is 18.3 Å². The van der Waals surface area contributed by atoms with Crippen molar-refractivity contribution in [2.24, 2.45) is 0 Å². The molecule has 106 valence electrons. The van der Waals surface area contributed by atoms with Crippen LogP contribution in [0.2, 0.25) is 5.15 Å². The lowest BCUT2D eigenvalue weighted by Crippen LogP contribution is -2.10. The number of benzene rings is 1. The molecule has 3 nitrogen and oxygen atoms in total. The summed E-state index contributed by atoms with van der Waals surface area (Å²) >= 11 is 10.1. The van der Waals surface area contributed by atoms with E-state index < -0.39 is 0 Å². The monoisotopic (exact) mass is 361 g/mol. The fraction of sp³-hybridized carbons (Fsp3) is 0.250. The molecular formula is C16H13BrClN3. The molecule has 0 fully saturated rings. The summed E-state index contributed by atoms with van der Waals surface area (Å²) in [5, 5.41) is 5.16. The van der Waals surface area contributed by atoms with Crippen LogP contribution in [-0.4, -0.2) is 14.6 Å². The van der Waals surface area contributed by atoms with Crippen LogP contribution in [0.25, 0.3) is 16.8 Å². The smallest absolute Gasteiger partial charge is 0.164 e. The first-order chi connectivity index (χ1) is 10.2. The molecule has 1 aliphatic rings. The zero-order valence-electron chi connectivity index (χ0n) is 11.3. The van der Waals surface area contributed by atoms with E-state index in [-0.39, 0.29) is 0 Å². The van der Waals surface area contributed by atoms with Gasteiger partial charge in [0.1, 0.15) is 5.15 Å². The van der Waals surface area contributed by atoms with Gasteiger partial charge in [0.15, 0.2) is 5.65 Å². The Morgan fingerprint density at radius 3 is 2.90 bits per heavy atom. The van der Waals surface area contributed by atoms with Gasteiger partial charge in [0, 0.05) is 21.3 Å². The zero-order chi connectivity index (χ0) is 14.4. The molecule has 4 rings (SSSR count). The Hall–Kier alpha value is -1.39. The van der Waals surface area contributed by atoms with E-state index in [0.717, 1.165) is 44.9 Å². The fourth-order valence-electron chi connectivity index (χ4n) is 2.94. The standard InChI is InChI=1S/C16H13BrClN3/c17-11-5-3-4-10(8-11)13-9-19-21-15(18)12-6-1-2-7-14(12)20-16(13)21/h3-5,8-9H,1-2,6-7H2. The second-order valence-corrected chi connectivity index (χ2v) is 6.61. The third kappa shape index (κ3) is 2.17. The van der Waals surface area contributed by atoms with Crippen molar-refractivity contribution < 1.29 is 0 Å². The summed E-state index contributed by atoms with van der Waals surface area (Å²) in [5.74, 6) is 0. The molecular weight excluding hydrogens is 350 g/mol. The molecule has 0 N–H and O–H groups in total. The molecule has 3 aromatic rings. The topological polar surface area (TPSA) is 30.2 Å². The highest BCUT2D eigenvalue weighted by Crippen LogP contribution is 2.32. The van der Waals surface area contributed by atoms with Gasteiger partial charge in [-0.25, -0.2) is 9.50 Å². The lowest BCUT2D eigenvalue weighted by atomic mass is 9.97. The third-order valence-electron chi connectivity index (χ3n) is 3.99. The van der Waals surface area contributed by atoms with E-state index in [4.69, 9.17) is 16.6 Å². The number of rotatable bonds is 1. The number of aromatic nitrogens is 3. The highest BCUT2D eigenvalue weighted by Gasteiger charge is 2.20. The molecule has 0 radical (unpaired) electrons. The molecule has 2 aromatic heterocycles. The Morgan fingerprint density at radius 1 is 1.19 bits per heavy atom. The van der Waals surface area contributed by atoms with Crippen molar-refractivity contribution in [2.45, 2.75) is 25.7 Å². The molecule has 0 amide bonds. The summed E-state index contributed by atoms with van der Waals surface area (Å²) in [7, 11) is 0. The van der Waals surface area contributed by atoms with Gasteiger partial charge in [-0.2, -0.15) is 5.10 Å². The fourth-order valence-corrected chi connectivity index (χ4v) is 3.67. The first-order valence-corrected chi connectivity index (χ1v) is 8.22. The molecule has 1 aromatic carbocycles. The minimum Gasteiger partial charge on any atom is -0.233 e. The Morgan fingerprint density at radius 2 is 2.05 bits per heavy atom. The first-order valence-electron chi connectivity index (χ1n) is 7.05. The summed E-state index contributed by atoms with van der Waals surface area (Å²) in [4.78, 5) is 4.84. The van der Waals surface area contributed by atoms with Crippen molar-refractivity contribution in [1.82, 2.24) is 14.6 Å². The van der Waals surface area contributed by atoms with E-state index in [2.05, 4.69) is 33.2 Å². The van der Waals surface area contributed by atoms with Crippen molar-refractivity contribution in [2.75, 3.05) is 0 Å². The molecule has 21 heavy (non-hydrogen) atoms. The highest BCUT2D eigenvalue weighted by atomic mass is 79.9.